The number of hydrogen-bond donors (Lipinski definition) is 1. The van der Waals surface area contributed by atoms with Crippen LogP contribution >= 0.6 is 0 Å². The molecule has 4 heteroatoms. The summed E-state index contributed by atoms with van der Waals surface area (Å²) >= 11 is 0. The molecular formula is C18H21N3O. The van der Waals surface area contributed by atoms with Crippen LogP contribution in [-0.2, 0) is 5.41 Å². The van der Waals surface area contributed by atoms with Gasteiger partial charge in [-0.2, -0.15) is 4.98 Å². The van der Waals surface area contributed by atoms with Crippen LogP contribution < -0.4 is 5.32 Å². The molecule has 114 valence electrons. The van der Waals surface area contributed by atoms with Crippen molar-refractivity contribution in [2.75, 3.05) is 5.32 Å². The van der Waals surface area contributed by atoms with E-state index in [9.17, 15) is 0 Å². The van der Waals surface area contributed by atoms with Gasteiger partial charge in [-0.3, -0.25) is 0 Å². The summed E-state index contributed by atoms with van der Waals surface area (Å²) in [6, 6.07) is 8.33. The molecule has 0 aliphatic carbocycles. The zero-order valence-electron chi connectivity index (χ0n) is 13.7. The summed E-state index contributed by atoms with van der Waals surface area (Å²) in [7, 11) is 0. The Labute approximate surface area is 130 Å². The number of nitrogens with one attached hydrogen (secondary N) is 1. The summed E-state index contributed by atoms with van der Waals surface area (Å²) in [5.74, 6) is 0.562. The fraction of sp³-hybridized carbons (Fsp3) is 0.333. The van der Waals surface area contributed by atoms with E-state index >= 15 is 0 Å². The molecule has 0 unspecified atom stereocenters. The SMILES string of the molecule is Cc1cc(C(C)(C)C)ccc1Nc1nc(C)c2ccoc2n1. The molecule has 2 heterocycles. The largest absolute Gasteiger partial charge is 0.446 e. The first-order valence-electron chi connectivity index (χ1n) is 7.44. The van der Waals surface area contributed by atoms with E-state index in [0.29, 0.717) is 11.7 Å². The quantitative estimate of drug-likeness (QED) is 0.732. The van der Waals surface area contributed by atoms with Crippen molar-refractivity contribution in [3.8, 4) is 0 Å². The van der Waals surface area contributed by atoms with E-state index < -0.39 is 0 Å². The van der Waals surface area contributed by atoms with Crippen molar-refractivity contribution in [3.63, 3.8) is 0 Å². The minimum atomic E-state index is 0.142. The number of furan rings is 1. The first-order chi connectivity index (χ1) is 10.3. The number of nitrogens with zero attached hydrogens (tertiary/aromatic N) is 2. The van der Waals surface area contributed by atoms with Crippen LogP contribution in [0.25, 0.3) is 11.1 Å². The Bertz CT molecular complexity index is 828. The van der Waals surface area contributed by atoms with Gasteiger partial charge in [-0.15, -0.1) is 0 Å². The third-order valence-corrected chi connectivity index (χ3v) is 3.85. The summed E-state index contributed by atoms with van der Waals surface area (Å²) in [4.78, 5) is 8.91. The molecule has 0 fully saturated rings. The number of aromatic nitrogens is 2. The second-order valence-electron chi connectivity index (χ2n) is 6.68. The van der Waals surface area contributed by atoms with Gasteiger partial charge in [-0.1, -0.05) is 32.9 Å². The van der Waals surface area contributed by atoms with Gasteiger partial charge >= 0.3 is 0 Å². The summed E-state index contributed by atoms with van der Waals surface area (Å²) in [5, 5.41) is 4.24. The first-order valence-corrected chi connectivity index (χ1v) is 7.44. The smallest absolute Gasteiger partial charge is 0.230 e. The molecule has 1 aromatic carbocycles. The molecule has 2 aromatic heterocycles. The van der Waals surface area contributed by atoms with Crippen LogP contribution in [0.3, 0.4) is 0 Å². The van der Waals surface area contributed by atoms with Gasteiger partial charge in [0, 0.05) is 5.69 Å². The van der Waals surface area contributed by atoms with Gasteiger partial charge in [0.2, 0.25) is 11.7 Å². The number of hydrogen-bond acceptors (Lipinski definition) is 4. The molecule has 0 aliphatic heterocycles. The van der Waals surface area contributed by atoms with Crippen LogP contribution in [0.5, 0.6) is 0 Å². The van der Waals surface area contributed by atoms with E-state index in [-0.39, 0.29) is 5.41 Å². The average molecular weight is 295 g/mol. The molecule has 0 spiro atoms. The topological polar surface area (TPSA) is 51.0 Å². The normalized spacial score (nSPS) is 11.9. The van der Waals surface area contributed by atoms with Crippen molar-refractivity contribution < 1.29 is 4.42 Å². The van der Waals surface area contributed by atoms with Gasteiger partial charge in [-0.25, -0.2) is 4.98 Å². The number of aryl methyl sites for hydroxylation is 2. The monoisotopic (exact) mass is 295 g/mol. The Morgan fingerprint density at radius 3 is 2.50 bits per heavy atom. The van der Waals surface area contributed by atoms with Crippen molar-refractivity contribution in [1.82, 2.24) is 9.97 Å². The molecule has 4 nitrogen and oxygen atoms in total. The highest BCUT2D eigenvalue weighted by Gasteiger charge is 2.15. The molecular weight excluding hydrogens is 274 g/mol. The molecule has 0 radical (unpaired) electrons. The molecule has 0 saturated heterocycles. The van der Waals surface area contributed by atoms with Crippen LogP contribution in [0, 0.1) is 13.8 Å². The molecule has 0 saturated carbocycles. The molecule has 0 aliphatic rings. The fourth-order valence-corrected chi connectivity index (χ4v) is 2.45. The van der Waals surface area contributed by atoms with E-state index in [0.717, 1.165) is 16.8 Å². The van der Waals surface area contributed by atoms with Crippen LogP contribution in [0.15, 0.2) is 34.9 Å². The van der Waals surface area contributed by atoms with Crippen molar-refractivity contribution in [1.29, 1.82) is 0 Å². The summed E-state index contributed by atoms with van der Waals surface area (Å²) in [6.45, 7) is 10.7. The minimum Gasteiger partial charge on any atom is -0.446 e. The Morgan fingerprint density at radius 1 is 1.05 bits per heavy atom. The van der Waals surface area contributed by atoms with E-state index in [2.05, 4.69) is 61.2 Å². The summed E-state index contributed by atoms with van der Waals surface area (Å²) in [5.41, 5.74) is 5.16. The van der Waals surface area contributed by atoms with Gasteiger partial charge in [0.15, 0.2) is 0 Å². The van der Waals surface area contributed by atoms with E-state index in [1.54, 1.807) is 6.26 Å². The van der Waals surface area contributed by atoms with Crippen LogP contribution in [0.1, 0.15) is 37.6 Å². The number of rotatable bonds is 2. The number of benzene rings is 1. The third kappa shape index (κ3) is 2.69. The summed E-state index contributed by atoms with van der Waals surface area (Å²) in [6.07, 6.45) is 1.64. The molecule has 0 atom stereocenters. The predicted molar refractivity (Wildman–Crippen MR) is 89.7 cm³/mol. The van der Waals surface area contributed by atoms with Crippen LogP contribution in [0.4, 0.5) is 11.6 Å². The van der Waals surface area contributed by atoms with Gasteiger partial charge in [0.1, 0.15) is 0 Å². The second kappa shape index (κ2) is 5.13. The first kappa shape index (κ1) is 14.6. The maximum absolute atomic E-state index is 5.38. The maximum Gasteiger partial charge on any atom is 0.230 e. The fourth-order valence-electron chi connectivity index (χ4n) is 2.45. The molecule has 22 heavy (non-hydrogen) atoms. The lowest BCUT2D eigenvalue weighted by Crippen LogP contribution is -2.11. The van der Waals surface area contributed by atoms with Crippen LogP contribution in [0.2, 0.25) is 0 Å². The van der Waals surface area contributed by atoms with Crippen LogP contribution in [-0.4, -0.2) is 9.97 Å². The summed E-state index contributed by atoms with van der Waals surface area (Å²) < 4.78 is 5.38. The lowest BCUT2D eigenvalue weighted by molar-refractivity contribution is 0.590. The molecule has 0 amide bonds. The maximum atomic E-state index is 5.38. The Hall–Kier alpha value is -2.36. The van der Waals surface area contributed by atoms with Gasteiger partial charge in [-0.05, 0) is 42.5 Å². The highest BCUT2D eigenvalue weighted by atomic mass is 16.3. The average Bonchev–Trinajstić information content (AvgIpc) is 2.88. The zero-order chi connectivity index (χ0) is 15.9. The van der Waals surface area contributed by atoms with Gasteiger partial charge in [0.25, 0.3) is 0 Å². The minimum absolute atomic E-state index is 0.142. The van der Waals surface area contributed by atoms with Crippen molar-refractivity contribution in [3.05, 3.63) is 47.3 Å². The third-order valence-electron chi connectivity index (χ3n) is 3.85. The van der Waals surface area contributed by atoms with Crippen molar-refractivity contribution in [2.45, 2.75) is 40.0 Å². The second-order valence-corrected chi connectivity index (χ2v) is 6.68. The van der Waals surface area contributed by atoms with Crippen molar-refractivity contribution >= 4 is 22.7 Å². The Balaban J connectivity index is 1.94. The number of anilines is 2. The lowest BCUT2D eigenvalue weighted by Gasteiger charge is -2.20. The van der Waals surface area contributed by atoms with Gasteiger partial charge in [0.05, 0.1) is 17.3 Å². The standard InChI is InChI=1S/C18H21N3O/c1-11-10-13(18(3,4)5)6-7-15(11)20-17-19-12(2)14-8-9-22-16(14)21-17/h6-10H,1-5H3,(H,19,20,21). The lowest BCUT2D eigenvalue weighted by atomic mass is 9.86. The van der Waals surface area contributed by atoms with Gasteiger partial charge < -0.3 is 9.73 Å². The Morgan fingerprint density at radius 2 is 1.82 bits per heavy atom. The Kier molecular flexibility index (Phi) is 3.39. The molecule has 0 bridgehead atoms. The highest BCUT2D eigenvalue weighted by molar-refractivity contribution is 5.77. The zero-order valence-corrected chi connectivity index (χ0v) is 13.7. The molecule has 1 N–H and O–H groups in total. The van der Waals surface area contributed by atoms with Crippen molar-refractivity contribution in [2.24, 2.45) is 0 Å². The molecule has 3 rings (SSSR count). The van der Waals surface area contributed by atoms with E-state index in [1.165, 1.54) is 11.1 Å². The van der Waals surface area contributed by atoms with E-state index in [4.69, 9.17) is 4.42 Å². The van der Waals surface area contributed by atoms with E-state index in [1.807, 2.05) is 13.0 Å². The molecule has 3 aromatic rings. The predicted octanol–water partition coefficient (Wildman–Crippen LogP) is 4.88. The number of fused-ring (bicyclic) bond motifs is 1. The highest BCUT2D eigenvalue weighted by Crippen LogP contribution is 2.28.